The Morgan fingerprint density at radius 2 is 1.94 bits per heavy atom. The molecular weight excluding hydrogens is 214 g/mol. The Hall–Kier alpha value is -0.570. The van der Waals surface area contributed by atoms with Crippen LogP contribution in [0, 0.1) is 11.8 Å². The molecule has 0 aromatic carbocycles. The van der Waals surface area contributed by atoms with Crippen molar-refractivity contribution in [2.75, 3.05) is 6.61 Å². The SMILES string of the molecule is CC(C)CCC(=O)NC1CCC(CCO)CC1. The molecule has 1 rings (SSSR count). The van der Waals surface area contributed by atoms with E-state index in [0.29, 0.717) is 30.9 Å². The molecule has 1 saturated carbocycles. The molecule has 0 bridgehead atoms. The minimum Gasteiger partial charge on any atom is -0.396 e. The van der Waals surface area contributed by atoms with E-state index in [1.54, 1.807) is 0 Å². The first-order chi connectivity index (χ1) is 8.11. The second-order valence-corrected chi connectivity index (χ2v) is 5.73. The van der Waals surface area contributed by atoms with E-state index in [1.807, 2.05) is 0 Å². The lowest BCUT2D eigenvalue weighted by Crippen LogP contribution is -2.37. The van der Waals surface area contributed by atoms with Crippen molar-refractivity contribution in [1.29, 1.82) is 0 Å². The van der Waals surface area contributed by atoms with Gasteiger partial charge in [0.25, 0.3) is 0 Å². The smallest absolute Gasteiger partial charge is 0.220 e. The van der Waals surface area contributed by atoms with Gasteiger partial charge in [0.2, 0.25) is 5.91 Å². The molecule has 1 aliphatic rings. The molecule has 0 unspecified atom stereocenters. The van der Waals surface area contributed by atoms with Crippen LogP contribution in [0.25, 0.3) is 0 Å². The average molecular weight is 241 g/mol. The Morgan fingerprint density at radius 1 is 1.29 bits per heavy atom. The monoisotopic (exact) mass is 241 g/mol. The summed E-state index contributed by atoms with van der Waals surface area (Å²) < 4.78 is 0. The standard InChI is InChI=1S/C14H27NO2/c1-11(2)3-8-14(17)15-13-6-4-12(5-7-13)9-10-16/h11-13,16H,3-10H2,1-2H3,(H,15,17). The Balaban J connectivity index is 2.14. The van der Waals surface area contributed by atoms with Gasteiger partial charge in [-0.05, 0) is 50.4 Å². The Labute approximate surface area is 105 Å². The fourth-order valence-electron chi connectivity index (χ4n) is 2.50. The molecule has 0 radical (unpaired) electrons. The van der Waals surface area contributed by atoms with Crippen molar-refractivity contribution < 1.29 is 9.90 Å². The minimum absolute atomic E-state index is 0.212. The maximum atomic E-state index is 11.7. The summed E-state index contributed by atoms with van der Waals surface area (Å²) in [5.41, 5.74) is 0. The fraction of sp³-hybridized carbons (Fsp3) is 0.929. The van der Waals surface area contributed by atoms with Crippen LogP contribution < -0.4 is 5.32 Å². The van der Waals surface area contributed by atoms with Gasteiger partial charge in [-0.1, -0.05) is 13.8 Å². The zero-order valence-corrected chi connectivity index (χ0v) is 11.2. The molecule has 100 valence electrons. The minimum atomic E-state index is 0.212. The number of carbonyl (C=O) groups is 1. The molecule has 0 aliphatic heterocycles. The molecule has 1 fully saturated rings. The summed E-state index contributed by atoms with van der Waals surface area (Å²) in [6.07, 6.45) is 7.02. The number of aliphatic hydroxyl groups is 1. The van der Waals surface area contributed by atoms with Crippen LogP contribution >= 0.6 is 0 Å². The first kappa shape index (κ1) is 14.5. The van der Waals surface area contributed by atoms with Gasteiger partial charge in [0.05, 0.1) is 0 Å². The summed E-state index contributed by atoms with van der Waals surface area (Å²) in [5, 5.41) is 12.0. The second kappa shape index (κ2) is 7.70. The fourth-order valence-corrected chi connectivity index (χ4v) is 2.50. The predicted octanol–water partition coefficient (Wildman–Crippen LogP) is 2.48. The summed E-state index contributed by atoms with van der Waals surface area (Å²) in [4.78, 5) is 11.7. The number of carbonyl (C=O) groups excluding carboxylic acids is 1. The Morgan fingerprint density at radius 3 is 2.47 bits per heavy atom. The van der Waals surface area contributed by atoms with Gasteiger partial charge in [0.15, 0.2) is 0 Å². The number of hydrogen-bond donors (Lipinski definition) is 2. The maximum Gasteiger partial charge on any atom is 0.220 e. The van der Waals surface area contributed by atoms with E-state index < -0.39 is 0 Å². The van der Waals surface area contributed by atoms with E-state index in [9.17, 15) is 4.79 Å². The van der Waals surface area contributed by atoms with Gasteiger partial charge >= 0.3 is 0 Å². The molecule has 0 spiro atoms. The highest BCUT2D eigenvalue weighted by molar-refractivity contribution is 5.76. The number of nitrogens with one attached hydrogen (secondary N) is 1. The van der Waals surface area contributed by atoms with E-state index in [-0.39, 0.29) is 5.91 Å². The number of rotatable bonds is 6. The van der Waals surface area contributed by atoms with Crippen LogP contribution in [0.15, 0.2) is 0 Å². The Kier molecular flexibility index (Phi) is 6.56. The van der Waals surface area contributed by atoms with Crippen LogP contribution in [-0.2, 0) is 4.79 Å². The highest BCUT2D eigenvalue weighted by atomic mass is 16.3. The summed E-state index contributed by atoms with van der Waals surface area (Å²) in [6.45, 7) is 4.59. The lowest BCUT2D eigenvalue weighted by Gasteiger charge is -2.28. The van der Waals surface area contributed by atoms with E-state index in [2.05, 4.69) is 19.2 Å². The number of aliphatic hydroxyl groups excluding tert-OH is 1. The molecule has 3 heteroatoms. The third-order valence-electron chi connectivity index (χ3n) is 3.70. The highest BCUT2D eigenvalue weighted by Gasteiger charge is 2.21. The molecule has 0 aromatic rings. The van der Waals surface area contributed by atoms with Crippen LogP contribution in [-0.4, -0.2) is 23.7 Å². The zero-order valence-electron chi connectivity index (χ0n) is 11.2. The van der Waals surface area contributed by atoms with Crippen LogP contribution in [0.2, 0.25) is 0 Å². The largest absolute Gasteiger partial charge is 0.396 e. The van der Waals surface area contributed by atoms with Crippen LogP contribution in [0.3, 0.4) is 0 Å². The molecule has 0 aromatic heterocycles. The summed E-state index contributed by atoms with van der Waals surface area (Å²) in [6, 6.07) is 0.379. The van der Waals surface area contributed by atoms with Crippen LogP contribution in [0.1, 0.15) is 58.8 Å². The second-order valence-electron chi connectivity index (χ2n) is 5.73. The van der Waals surface area contributed by atoms with Crippen molar-refractivity contribution in [3.05, 3.63) is 0 Å². The van der Waals surface area contributed by atoms with Crippen molar-refractivity contribution in [3.8, 4) is 0 Å². The highest BCUT2D eigenvalue weighted by Crippen LogP contribution is 2.26. The first-order valence-corrected chi connectivity index (χ1v) is 7.02. The van der Waals surface area contributed by atoms with Gasteiger partial charge in [0.1, 0.15) is 0 Å². The molecule has 0 saturated heterocycles. The molecule has 1 aliphatic carbocycles. The van der Waals surface area contributed by atoms with E-state index in [1.165, 1.54) is 0 Å². The van der Waals surface area contributed by atoms with Crippen LogP contribution in [0.5, 0.6) is 0 Å². The lowest BCUT2D eigenvalue weighted by molar-refractivity contribution is -0.122. The van der Waals surface area contributed by atoms with E-state index in [0.717, 1.165) is 38.5 Å². The first-order valence-electron chi connectivity index (χ1n) is 7.02. The van der Waals surface area contributed by atoms with Gasteiger partial charge < -0.3 is 10.4 Å². The van der Waals surface area contributed by atoms with E-state index >= 15 is 0 Å². The van der Waals surface area contributed by atoms with Gasteiger partial charge in [-0.2, -0.15) is 0 Å². The maximum absolute atomic E-state index is 11.7. The quantitative estimate of drug-likeness (QED) is 0.750. The Bertz CT molecular complexity index is 220. The summed E-state index contributed by atoms with van der Waals surface area (Å²) in [7, 11) is 0. The lowest BCUT2D eigenvalue weighted by atomic mass is 9.84. The van der Waals surface area contributed by atoms with Gasteiger partial charge in [0, 0.05) is 19.1 Å². The molecular formula is C14H27NO2. The van der Waals surface area contributed by atoms with E-state index in [4.69, 9.17) is 5.11 Å². The van der Waals surface area contributed by atoms with Gasteiger partial charge in [-0.15, -0.1) is 0 Å². The molecule has 3 nitrogen and oxygen atoms in total. The summed E-state index contributed by atoms with van der Waals surface area (Å²) >= 11 is 0. The molecule has 1 amide bonds. The van der Waals surface area contributed by atoms with Crippen molar-refractivity contribution in [2.24, 2.45) is 11.8 Å². The van der Waals surface area contributed by atoms with Crippen LogP contribution in [0.4, 0.5) is 0 Å². The molecule has 17 heavy (non-hydrogen) atoms. The normalized spacial score (nSPS) is 24.9. The topological polar surface area (TPSA) is 49.3 Å². The molecule has 2 N–H and O–H groups in total. The van der Waals surface area contributed by atoms with Crippen molar-refractivity contribution >= 4 is 5.91 Å². The number of amides is 1. The van der Waals surface area contributed by atoms with Gasteiger partial charge in [-0.25, -0.2) is 0 Å². The van der Waals surface area contributed by atoms with Gasteiger partial charge in [-0.3, -0.25) is 4.79 Å². The number of hydrogen-bond acceptors (Lipinski definition) is 2. The summed E-state index contributed by atoms with van der Waals surface area (Å²) in [5.74, 6) is 1.48. The van der Waals surface area contributed by atoms with Crippen molar-refractivity contribution in [1.82, 2.24) is 5.32 Å². The average Bonchev–Trinajstić information content (AvgIpc) is 2.29. The van der Waals surface area contributed by atoms with Crippen molar-refractivity contribution in [3.63, 3.8) is 0 Å². The predicted molar refractivity (Wildman–Crippen MR) is 69.7 cm³/mol. The van der Waals surface area contributed by atoms with Crippen molar-refractivity contribution in [2.45, 2.75) is 64.8 Å². The molecule has 0 atom stereocenters. The molecule has 0 heterocycles. The zero-order chi connectivity index (χ0) is 12.7. The third kappa shape index (κ3) is 6.06. The third-order valence-corrected chi connectivity index (χ3v) is 3.70.